The number of nitrogens with one attached hydrogen (secondary N) is 2. The summed E-state index contributed by atoms with van der Waals surface area (Å²) in [5.41, 5.74) is 2.68. The molecule has 5 nitrogen and oxygen atoms in total. The van der Waals surface area contributed by atoms with Crippen molar-refractivity contribution in [1.82, 2.24) is 20.4 Å². The van der Waals surface area contributed by atoms with E-state index in [4.69, 9.17) is 4.99 Å². The van der Waals surface area contributed by atoms with E-state index in [9.17, 15) is 0 Å². The molecule has 2 N–H and O–H groups in total. The van der Waals surface area contributed by atoms with Crippen LogP contribution in [-0.2, 0) is 13.1 Å². The zero-order valence-electron chi connectivity index (χ0n) is 19.6. The fraction of sp³-hybridized carbons (Fsp3) is 0.708. The average molecular weight is 530 g/mol. The van der Waals surface area contributed by atoms with E-state index in [2.05, 4.69) is 72.5 Å². The summed E-state index contributed by atoms with van der Waals surface area (Å²) in [6.07, 6.45) is 6.46. The van der Waals surface area contributed by atoms with Crippen molar-refractivity contribution in [1.29, 1.82) is 0 Å². The van der Waals surface area contributed by atoms with Crippen LogP contribution < -0.4 is 10.6 Å². The van der Waals surface area contributed by atoms with Crippen molar-refractivity contribution >= 4 is 29.9 Å². The molecule has 0 atom stereocenters. The van der Waals surface area contributed by atoms with Crippen LogP contribution in [-0.4, -0.2) is 61.6 Å². The Kier molecular flexibility index (Phi) is 14.4. The van der Waals surface area contributed by atoms with Gasteiger partial charge >= 0.3 is 0 Å². The van der Waals surface area contributed by atoms with Crippen molar-refractivity contribution < 1.29 is 0 Å². The van der Waals surface area contributed by atoms with Gasteiger partial charge in [-0.1, -0.05) is 30.7 Å². The summed E-state index contributed by atoms with van der Waals surface area (Å²) in [6, 6.07) is 9.62. The summed E-state index contributed by atoms with van der Waals surface area (Å²) in [4.78, 5) is 9.73. The van der Waals surface area contributed by atoms with Crippen LogP contribution in [0.15, 0.2) is 29.3 Å². The Morgan fingerprint density at radius 1 is 1.03 bits per heavy atom. The minimum absolute atomic E-state index is 0. The van der Waals surface area contributed by atoms with Crippen LogP contribution in [0, 0.1) is 0 Å². The largest absolute Gasteiger partial charge is 0.357 e. The third-order valence-electron chi connectivity index (χ3n) is 5.75. The van der Waals surface area contributed by atoms with Gasteiger partial charge in [0.1, 0.15) is 0 Å². The second kappa shape index (κ2) is 15.9. The Morgan fingerprint density at radius 2 is 1.70 bits per heavy atom. The Hall–Kier alpha value is -0.860. The monoisotopic (exact) mass is 529 g/mol. The molecule has 1 aromatic rings. The number of rotatable bonds is 11. The molecule has 2 rings (SSSR count). The Bertz CT molecular complexity index is 582. The minimum Gasteiger partial charge on any atom is -0.357 e. The van der Waals surface area contributed by atoms with Crippen molar-refractivity contribution in [3.05, 3.63) is 35.4 Å². The minimum atomic E-state index is 0. The molecular formula is C24H44IN5. The molecule has 1 aliphatic heterocycles. The molecule has 0 bridgehead atoms. The van der Waals surface area contributed by atoms with Gasteiger partial charge in [0.2, 0.25) is 0 Å². The van der Waals surface area contributed by atoms with Gasteiger partial charge < -0.3 is 15.5 Å². The molecule has 1 heterocycles. The molecule has 1 aromatic carbocycles. The lowest BCUT2D eigenvalue weighted by atomic mass is 10.1. The summed E-state index contributed by atoms with van der Waals surface area (Å²) >= 11 is 0. The maximum absolute atomic E-state index is 4.76. The zero-order valence-corrected chi connectivity index (χ0v) is 22.0. The second-order valence-electron chi connectivity index (χ2n) is 8.56. The molecular weight excluding hydrogens is 485 g/mol. The Morgan fingerprint density at radius 3 is 2.33 bits per heavy atom. The predicted octanol–water partition coefficient (Wildman–Crippen LogP) is 4.47. The number of nitrogens with zero attached hydrogens (tertiary/aromatic N) is 3. The molecule has 1 aliphatic rings. The van der Waals surface area contributed by atoms with Crippen molar-refractivity contribution in [2.45, 2.75) is 72.0 Å². The quantitative estimate of drug-likeness (QED) is 0.192. The fourth-order valence-corrected chi connectivity index (χ4v) is 3.59. The lowest BCUT2D eigenvalue weighted by molar-refractivity contribution is 0.221. The summed E-state index contributed by atoms with van der Waals surface area (Å²) < 4.78 is 0. The number of hydrogen-bond donors (Lipinski definition) is 2. The second-order valence-corrected chi connectivity index (χ2v) is 8.56. The standard InChI is InChI=1S/C24H43N5.HI/c1-5-25-24(26-15-7-10-16-28(4)21(2)3)27-19-22-11-13-23(14-12-22)20-29-17-8-6-9-18-29;/h11-14,21H,5-10,15-20H2,1-4H3,(H2,25,26,27);1H. The van der Waals surface area contributed by atoms with E-state index in [0.717, 1.165) is 45.1 Å². The van der Waals surface area contributed by atoms with Gasteiger partial charge in [0.25, 0.3) is 0 Å². The zero-order chi connectivity index (χ0) is 20.9. The van der Waals surface area contributed by atoms with Crippen LogP contribution in [0.2, 0.25) is 0 Å². The first-order valence-electron chi connectivity index (χ1n) is 11.6. The van der Waals surface area contributed by atoms with Crippen LogP contribution in [0.25, 0.3) is 0 Å². The molecule has 30 heavy (non-hydrogen) atoms. The van der Waals surface area contributed by atoms with E-state index < -0.39 is 0 Å². The lowest BCUT2D eigenvalue weighted by Crippen LogP contribution is -2.38. The molecule has 0 aromatic heterocycles. The molecule has 0 amide bonds. The molecule has 0 aliphatic carbocycles. The Labute approximate surface area is 202 Å². The van der Waals surface area contributed by atoms with E-state index in [1.54, 1.807) is 0 Å². The highest BCUT2D eigenvalue weighted by Crippen LogP contribution is 2.14. The third-order valence-corrected chi connectivity index (χ3v) is 5.75. The summed E-state index contributed by atoms with van der Waals surface area (Å²) in [5.74, 6) is 0.919. The van der Waals surface area contributed by atoms with Crippen molar-refractivity contribution in [3.63, 3.8) is 0 Å². The number of piperidine rings is 1. The number of hydrogen-bond acceptors (Lipinski definition) is 3. The number of benzene rings is 1. The summed E-state index contributed by atoms with van der Waals surface area (Å²) in [7, 11) is 2.20. The number of aliphatic imine (C=N–C) groups is 1. The predicted molar refractivity (Wildman–Crippen MR) is 141 cm³/mol. The lowest BCUT2D eigenvalue weighted by Gasteiger charge is -2.26. The van der Waals surface area contributed by atoms with Crippen molar-refractivity contribution in [2.24, 2.45) is 4.99 Å². The first-order valence-corrected chi connectivity index (χ1v) is 11.6. The number of likely N-dealkylation sites (tertiary alicyclic amines) is 1. The van der Waals surface area contributed by atoms with Crippen molar-refractivity contribution in [3.8, 4) is 0 Å². The normalized spacial score (nSPS) is 15.3. The van der Waals surface area contributed by atoms with Crippen LogP contribution in [0.3, 0.4) is 0 Å². The van der Waals surface area contributed by atoms with E-state index in [1.165, 1.54) is 49.9 Å². The molecule has 0 saturated carbocycles. The molecule has 0 radical (unpaired) electrons. The molecule has 172 valence electrons. The first kappa shape index (κ1) is 27.2. The van der Waals surface area contributed by atoms with Gasteiger partial charge in [-0.25, -0.2) is 4.99 Å². The van der Waals surface area contributed by atoms with E-state index in [0.29, 0.717) is 6.04 Å². The highest BCUT2D eigenvalue weighted by Gasteiger charge is 2.10. The van der Waals surface area contributed by atoms with Crippen molar-refractivity contribution in [2.75, 3.05) is 39.8 Å². The van der Waals surface area contributed by atoms with E-state index in [-0.39, 0.29) is 24.0 Å². The van der Waals surface area contributed by atoms with Gasteiger partial charge in [-0.3, -0.25) is 4.90 Å². The van der Waals surface area contributed by atoms with Gasteiger partial charge in [0.15, 0.2) is 5.96 Å². The fourth-order valence-electron chi connectivity index (χ4n) is 3.59. The van der Waals surface area contributed by atoms with E-state index in [1.807, 2.05) is 0 Å². The summed E-state index contributed by atoms with van der Waals surface area (Å²) in [5, 5.41) is 6.83. The third kappa shape index (κ3) is 11.0. The van der Waals surface area contributed by atoms with Crippen LogP contribution in [0.4, 0.5) is 0 Å². The van der Waals surface area contributed by atoms with E-state index >= 15 is 0 Å². The molecule has 0 unspecified atom stereocenters. The first-order chi connectivity index (χ1) is 14.1. The Balaban J connectivity index is 0.00000450. The van der Waals surface area contributed by atoms with Crippen LogP contribution in [0.1, 0.15) is 64.0 Å². The van der Waals surface area contributed by atoms with Crippen LogP contribution >= 0.6 is 24.0 Å². The van der Waals surface area contributed by atoms with Gasteiger partial charge in [-0.15, -0.1) is 24.0 Å². The smallest absolute Gasteiger partial charge is 0.191 e. The maximum atomic E-state index is 4.76. The maximum Gasteiger partial charge on any atom is 0.191 e. The highest BCUT2D eigenvalue weighted by atomic mass is 127. The van der Waals surface area contributed by atoms with Crippen LogP contribution in [0.5, 0.6) is 0 Å². The topological polar surface area (TPSA) is 42.9 Å². The molecule has 1 fully saturated rings. The number of halogens is 1. The van der Waals surface area contributed by atoms with Gasteiger partial charge in [-0.05, 0) is 84.3 Å². The average Bonchev–Trinajstić information content (AvgIpc) is 2.73. The molecule has 6 heteroatoms. The van der Waals surface area contributed by atoms with Gasteiger partial charge in [-0.2, -0.15) is 0 Å². The number of unbranched alkanes of at least 4 members (excludes halogenated alkanes) is 1. The SMILES string of the molecule is CCNC(=NCc1ccc(CN2CCCCC2)cc1)NCCCCN(C)C(C)C.I. The molecule has 0 spiro atoms. The molecule has 1 saturated heterocycles. The summed E-state index contributed by atoms with van der Waals surface area (Å²) in [6.45, 7) is 13.9. The highest BCUT2D eigenvalue weighted by molar-refractivity contribution is 14.0. The van der Waals surface area contributed by atoms with Gasteiger partial charge in [0.05, 0.1) is 6.54 Å². The number of guanidine groups is 1. The van der Waals surface area contributed by atoms with Gasteiger partial charge in [0, 0.05) is 25.7 Å².